The van der Waals surface area contributed by atoms with E-state index in [1.54, 1.807) is 18.5 Å². The van der Waals surface area contributed by atoms with E-state index in [9.17, 15) is 18.0 Å². The second-order valence-corrected chi connectivity index (χ2v) is 9.20. The van der Waals surface area contributed by atoms with Crippen molar-refractivity contribution in [2.24, 2.45) is 0 Å². The molecule has 1 aromatic heterocycles. The van der Waals surface area contributed by atoms with Crippen LogP contribution in [0.25, 0.3) is 16.7 Å². The average molecular weight is 489 g/mol. The molecule has 176 valence electrons. The third-order valence-electron chi connectivity index (χ3n) is 5.05. The molecule has 11 heteroatoms. The van der Waals surface area contributed by atoms with E-state index < -0.39 is 28.4 Å². The number of hydrogen-bond acceptors (Lipinski definition) is 6. The smallest absolute Gasteiger partial charge is 0.243 e. The number of nitriles is 1. The summed E-state index contributed by atoms with van der Waals surface area (Å²) in [5, 5.41) is 13.8. The van der Waals surface area contributed by atoms with E-state index in [-0.39, 0.29) is 11.4 Å². The maximum atomic E-state index is 12.2. The minimum Gasteiger partial charge on any atom is -0.346 e. The number of hydrogen-bond donors (Lipinski definition) is 3. The molecule has 0 unspecified atom stereocenters. The van der Waals surface area contributed by atoms with Gasteiger partial charge in [0, 0.05) is 11.4 Å². The number of carbonyl (C=O) groups excluding carboxylic acids is 2. The van der Waals surface area contributed by atoms with Gasteiger partial charge in [0.15, 0.2) is 0 Å². The summed E-state index contributed by atoms with van der Waals surface area (Å²) < 4.78 is 28.6. The van der Waals surface area contributed by atoms with E-state index in [1.165, 1.54) is 24.3 Å². The molecule has 3 aromatic carbocycles. The first-order valence-corrected chi connectivity index (χ1v) is 11.9. The van der Waals surface area contributed by atoms with Crippen LogP contribution >= 0.6 is 0 Å². The third kappa shape index (κ3) is 5.70. The third-order valence-corrected chi connectivity index (χ3v) is 6.46. The van der Waals surface area contributed by atoms with Crippen molar-refractivity contribution in [3.63, 3.8) is 0 Å². The number of carbonyl (C=O) groups is 2. The lowest BCUT2D eigenvalue weighted by atomic mass is 10.2. The van der Waals surface area contributed by atoms with Gasteiger partial charge in [0.2, 0.25) is 21.8 Å². The van der Waals surface area contributed by atoms with Gasteiger partial charge in [-0.05, 0) is 60.7 Å². The zero-order valence-electron chi connectivity index (χ0n) is 18.3. The summed E-state index contributed by atoms with van der Waals surface area (Å²) in [4.78, 5) is 28.5. The zero-order valence-corrected chi connectivity index (χ0v) is 19.1. The highest BCUT2D eigenvalue weighted by Crippen LogP contribution is 2.19. The van der Waals surface area contributed by atoms with Crippen LogP contribution in [0.4, 0.5) is 5.69 Å². The predicted molar refractivity (Wildman–Crippen MR) is 129 cm³/mol. The number of amides is 2. The van der Waals surface area contributed by atoms with E-state index in [1.807, 2.05) is 47.0 Å². The molecule has 0 bridgehead atoms. The van der Waals surface area contributed by atoms with Gasteiger partial charge in [-0.25, -0.2) is 18.1 Å². The van der Waals surface area contributed by atoms with Crippen molar-refractivity contribution in [1.29, 1.82) is 5.26 Å². The summed E-state index contributed by atoms with van der Waals surface area (Å²) in [7, 11) is -3.93. The van der Waals surface area contributed by atoms with E-state index in [0.29, 0.717) is 11.3 Å². The van der Waals surface area contributed by atoms with Crippen LogP contribution in [0.15, 0.2) is 84.0 Å². The molecule has 0 atom stereocenters. The van der Waals surface area contributed by atoms with E-state index >= 15 is 0 Å². The Labute approximate surface area is 201 Å². The molecular formula is C24H20N6O4S. The fourth-order valence-electron chi connectivity index (χ4n) is 3.27. The lowest BCUT2D eigenvalue weighted by molar-refractivity contribution is -0.123. The summed E-state index contributed by atoms with van der Waals surface area (Å²) in [5.74, 6) is -1.13. The molecule has 1 heterocycles. The van der Waals surface area contributed by atoms with Crippen molar-refractivity contribution in [2.75, 3.05) is 18.4 Å². The number of para-hydroxylation sites is 2. The number of nitrogens with zero attached hydrogens (tertiary/aromatic N) is 3. The Bertz CT molecular complexity index is 1520. The Hall–Kier alpha value is -4.53. The molecule has 0 fully saturated rings. The van der Waals surface area contributed by atoms with Gasteiger partial charge in [0.05, 0.1) is 40.7 Å². The predicted octanol–water partition coefficient (Wildman–Crippen LogP) is 1.93. The van der Waals surface area contributed by atoms with Gasteiger partial charge < -0.3 is 10.6 Å². The lowest BCUT2D eigenvalue weighted by Crippen LogP contribution is -2.40. The molecule has 0 radical (unpaired) electrons. The quantitative estimate of drug-likeness (QED) is 0.345. The van der Waals surface area contributed by atoms with Gasteiger partial charge in [-0.2, -0.15) is 5.26 Å². The Morgan fingerprint density at radius 2 is 1.63 bits per heavy atom. The van der Waals surface area contributed by atoms with Gasteiger partial charge in [0.1, 0.15) is 6.33 Å². The number of anilines is 1. The van der Waals surface area contributed by atoms with Crippen LogP contribution in [0.5, 0.6) is 0 Å². The van der Waals surface area contributed by atoms with Crippen LogP contribution in [0.1, 0.15) is 5.56 Å². The van der Waals surface area contributed by atoms with Crippen molar-refractivity contribution < 1.29 is 18.0 Å². The number of fused-ring (bicyclic) bond motifs is 1. The number of aromatic nitrogens is 2. The van der Waals surface area contributed by atoms with Crippen LogP contribution in [-0.2, 0) is 19.6 Å². The molecule has 10 nitrogen and oxygen atoms in total. The van der Waals surface area contributed by atoms with Gasteiger partial charge >= 0.3 is 0 Å². The Balaban J connectivity index is 1.26. The van der Waals surface area contributed by atoms with Crippen LogP contribution in [0.2, 0.25) is 0 Å². The maximum absolute atomic E-state index is 12.2. The highest BCUT2D eigenvalue weighted by Gasteiger charge is 2.16. The van der Waals surface area contributed by atoms with Crippen molar-refractivity contribution >= 4 is 38.6 Å². The second-order valence-electron chi connectivity index (χ2n) is 7.44. The molecule has 0 spiro atoms. The fraction of sp³-hybridized carbons (Fsp3) is 0.0833. The van der Waals surface area contributed by atoms with Gasteiger partial charge in [-0.3, -0.25) is 14.2 Å². The Kier molecular flexibility index (Phi) is 6.86. The van der Waals surface area contributed by atoms with E-state index in [4.69, 9.17) is 5.26 Å². The van der Waals surface area contributed by atoms with Gasteiger partial charge in [-0.15, -0.1) is 0 Å². The average Bonchev–Trinajstić information content (AvgIpc) is 3.31. The summed E-state index contributed by atoms with van der Waals surface area (Å²) in [6, 6.07) is 22.0. The van der Waals surface area contributed by atoms with Crippen LogP contribution in [0.3, 0.4) is 0 Å². The first-order valence-electron chi connectivity index (χ1n) is 10.4. The molecule has 0 aliphatic carbocycles. The van der Waals surface area contributed by atoms with Crippen molar-refractivity contribution in [3.8, 4) is 11.8 Å². The molecule has 35 heavy (non-hydrogen) atoms. The molecule has 0 saturated carbocycles. The standard InChI is InChI=1S/C24H20N6O4S/c25-13-17-5-11-20(12-6-17)35(33,34)28-15-23(31)26-14-24(32)29-18-7-9-19(10-8-18)30-16-27-21-3-1-2-4-22(21)30/h1-12,16,28H,14-15H2,(H,26,31)(H,29,32). The SMILES string of the molecule is N#Cc1ccc(S(=O)(=O)NCC(=O)NCC(=O)Nc2ccc(-n3cnc4ccccc43)cc2)cc1. The number of nitrogens with one attached hydrogen (secondary N) is 3. The fourth-order valence-corrected chi connectivity index (χ4v) is 4.25. The van der Waals surface area contributed by atoms with Gasteiger partial charge in [-0.1, -0.05) is 12.1 Å². The normalized spacial score (nSPS) is 11.1. The maximum Gasteiger partial charge on any atom is 0.243 e. The van der Waals surface area contributed by atoms with Crippen LogP contribution in [-0.4, -0.2) is 42.9 Å². The lowest BCUT2D eigenvalue weighted by Gasteiger charge is -2.10. The van der Waals surface area contributed by atoms with Crippen molar-refractivity contribution in [3.05, 3.63) is 84.7 Å². The first-order chi connectivity index (χ1) is 16.9. The summed E-state index contributed by atoms with van der Waals surface area (Å²) in [6.07, 6.45) is 1.73. The Morgan fingerprint density at radius 3 is 2.34 bits per heavy atom. The minimum absolute atomic E-state index is 0.0748. The first kappa shape index (κ1) is 23.6. The van der Waals surface area contributed by atoms with Gasteiger partial charge in [0.25, 0.3) is 0 Å². The number of benzene rings is 3. The molecule has 0 aliphatic heterocycles. The molecule has 3 N–H and O–H groups in total. The Morgan fingerprint density at radius 1 is 0.914 bits per heavy atom. The van der Waals surface area contributed by atoms with E-state index in [2.05, 4.69) is 20.3 Å². The molecule has 0 aliphatic rings. The molecular weight excluding hydrogens is 468 g/mol. The largest absolute Gasteiger partial charge is 0.346 e. The molecule has 4 rings (SSSR count). The van der Waals surface area contributed by atoms with Crippen molar-refractivity contribution in [1.82, 2.24) is 19.6 Å². The monoisotopic (exact) mass is 488 g/mol. The molecule has 0 saturated heterocycles. The highest BCUT2D eigenvalue weighted by molar-refractivity contribution is 7.89. The van der Waals surface area contributed by atoms with Crippen LogP contribution < -0.4 is 15.4 Å². The number of rotatable bonds is 8. The topological polar surface area (TPSA) is 146 Å². The summed E-state index contributed by atoms with van der Waals surface area (Å²) >= 11 is 0. The number of imidazole rings is 1. The molecule has 2 amide bonds. The second kappa shape index (κ2) is 10.2. The molecule has 4 aromatic rings. The summed E-state index contributed by atoms with van der Waals surface area (Å²) in [6.45, 7) is -0.867. The highest BCUT2D eigenvalue weighted by atomic mass is 32.2. The van der Waals surface area contributed by atoms with Crippen LogP contribution in [0, 0.1) is 11.3 Å². The minimum atomic E-state index is -3.93. The van der Waals surface area contributed by atoms with Crippen molar-refractivity contribution in [2.45, 2.75) is 4.90 Å². The summed E-state index contributed by atoms with van der Waals surface area (Å²) in [5.41, 5.74) is 3.57. The zero-order chi connectivity index (χ0) is 24.8. The van der Waals surface area contributed by atoms with E-state index in [0.717, 1.165) is 16.7 Å². The number of sulfonamides is 1.